The molecule has 0 atom stereocenters. The molecule has 0 aliphatic rings. The summed E-state index contributed by atoms with van der Waals surface area (Å²) in [6.07, 6.45) is 0.640. The minimum atomic E-state index is -0.241. The molecule has 4 heteroatoms. The third-order valence-corrected chi connectivity index (χ3v) is 2.40. The zero-order valence-electron chi connectivity index (χ0n) is 9.66. The standard InChI is InChI=1S/C12H17FN2O/c1-3-15(2)12(16)14-8-7-10-5-4-6-11(13)9-10/h4-6,9H,3,7-8H2,1-2H3,(H,14,16). The van der Waals surface area contributed by atoms with Crippen molar-refractivity contribution in [3.8, 4) is 0 Å². The SMILES string of the molecule is CCN(C)C(=O)NCCc1cccc(F)c1. The van der Waals surface area contributed by atoms with Crippen molar-refractivity contribution in [2.45, 2.75) is 13.3 Å². The Labute approximate surface area is 95.3 Å². The van der Waals surface area contributed by atoms with E-state index in [1.54, 1.807) is 18.0 Å². The molecule has 0 bridgehead atoms. The highest BCUT2D eigenvalue weighted by Gasteiger charge is 2.04. The van der Waals surface area contributed by atoms with Crippen LogP contribution in [0.2, 0.25) is 0 Å². The minimum absolute atomic E-state index is 0.0982. The third-order valence-electron chi connectivity index (χ3n) is 2.40. The van der Waals surface area contributed by atoms with Crippen LogP contribution < -0.4 is 5.32 Å². The number of urea groups is 1. The first-order valence-corrected chi connectivity index (χ1v) is 5.37. The number of benzene rings is 1. The number of hydrogen-bond acceptors (Lipinski definition) is 1. The van der Waals surface area contributed by atoms with Gasteiger partial charge in [-0.2, -0.15) is 0 Å². The fourth-order valence-electron chi connectivity index (χ4n) is 1.28. The molecule has 0 aromatic heterocycles. The normalized spacial score (nSPS) is 9.94. The van der Waals surface area contributed by atoms with Gasteiger partial charge in [0.25, 0.3) is 0 Å². The number of carbonyl (C=O) groups is 1. The van der Waals surface area contributed by atoms with E-state index >= 15 is 0 Å². The number of carbonyl (C=O) groups excluding carboxylic acids is 1. The lowest BCUT2D eigenvalue weighted by atomic mass is 10.1. The molecule has 3 nitrogen and oxygen atoms in total. The van der Waals surface area contributed by atoms with E-state index < -0.39 is 0 Å². The number of amides is 2. The van der Waals surface area contributed by atoms with Gasteiger partial charge in [-0.15, -0.1) is 0 Å². The molecule has 16 heavy (non-hydrogen) atoms. The van der Waals surface area contributed by atoms with Gasteiger partial charge in [0.1, 0.15) is 5.82 Å². The van der Waals surface area contributed by atoms with Gasteiger partial charge in [0.2, 0.25) is 0 Å². The predicted molar refractivity (Wildman–Crippen MR) is 61.8 cm³/mol. The van der Waals surface area contributed by atoms with Gasteiger partial charge in [0.15, 0.2) is 0 Å². The summed E-state index contributed by atoms with van der Waals surface area (Å²) in [7, 11) is 1.73. The summed E-state index contributed by atoms with van der Waals surface area (Å²) < 4.78 is 12.8. The molecule has 2 amide bonds. The fourth-order valence-corrected chi connectivity index (χ4v) is 1.28. The van der Waals surface area contributed by atoms with Crippen LogP contribution in [-0.2, 0) is 6.42 Å². The van der Waals surface area contributed by atoms with Crippen molar-refractivity contribution in [2.24, 2.45) is 0 Å². The number of rotatable bonds is 4. The topological polar surface area (TPSA) is 32.3 Å². The van der Waals surface area contributed by atoms with E-state index in [1.165, 1.54) is 12.1 Å². The molecule has 0 aliphatic carbocycles. The largest absolute Gasteiger partial charge is 0.338 e. The van der Waals surface area contributed by atoms with E-state index in [2.05, 4.69) is 5.32 Å². The van der Waals surface area contributed by atoms with Gasteiger partial charge < -0.3 is 10.2 Å². The Bertz CT molecular complexity index is 355. The molecule has 0 aliphatic heterocycles. The molecule has 0 saturated carbocycles. The lowest BCUT2D eigenvalue weighted by molar-refractivity contribution is 0.211. The molecule has 0 heterocycles. The van der Waals surface area contributed by atoms with E-state index in [9.17, 15) is 9.18 Å². The minimum Gasteiger partial charge on any atom is -0.338 e. The Morgan fingerprint density at radius 2 is 2.25 bits per heavy atom. The first-order valence-electron chi connectivity index (χ1n) is 5.37. The van der Waals surface area contributed by atoms with Crippen molar-refractivity contribution in [3.05, 3.63) is 35.6 Å². The molecule has 1 aromatic rings. The summed E-state index contributed by atoms with van der Waals surface area (Å²) in [5, 5.41) is 2.77. The van der Waals surface area contributed by atoms with E-state index in [0.717, 1.165) is 5.56 Å². The second kappa shape index (κ2) is 6.10. The quantitative estimate of drug-likeness (QED) is 0.833. The Kier molecular flexibility index (Phi) is 4.76. The summed E-state index contributed by atoms with van der Waals surface area (Å²) in [5.74, 6) is -0.241. The molecule has 0 saturated heterocycles. The van der Waals surface area contributed by atoms with Crippen LogP contribution in [0.15, 0.2) is 24.3 Å². The molecule has 0 fully saturated rings. The van der Waals surface area contributed by atoms with E-state index in [0.29, 0.717) is 19.5 Å². The maximum Gasteiger partial charge on any atom is 0.317 e. The maximum absolute atomic E-state index is 12.8. The number of nitrogens with zero attached hydrogens (tertiary/aromatic N) is 1. The number of hydrogen-bond donors (Lipinski definition) is 1. The lowest BCUT2D eigenvalue weighted by Gasteiger charge is -2.15. The third kappa shape index (κ3) is 3.88. The van der Waals surface area contributed by atoms with Gasteiger partial charge >= 0.3 is 6.03 Å². The van der Waals surface area contributed by atoms with E-state index in [1.807, 2.05) is 13.0 Å². The second-order valence-corrected chi connectivity index (χ2v) is 3.63. The summed E-state index contributed by atoms with van der Waals surface area (Å²) in [4.78, 5) is 13.0. The number of halogens is 1. The smallest absolute Gasteiger partial charge is 0.317 e. The molecular formula is C12H17FN2O. The highest BCUT2D eigenvalue weighted by molar-refractivity contribution is 5.73. The summed E-state index contributed by atoms with van der Waals surface area (Å²) in [6, 6.07) is 6.31. The highest BCUT2D eigenvalue weighted by atomic mass is 19.1. The highest BCUT2D eigenvalue weighted by Crippen LogP contribution is 2.03. The van der Waals surface area contributed by atoms with Gasteiger partial charge in [0.05, 0.1) is 0 Å². The van der Waals surface area contributed by atoms with Crippen LogP contribution in [0.25, 0.3) is 0 Å². The Morgan fingerprint density at radius 3 is 2.88 bits per heavy atom. The van der Waals surface area contributed by atoms with Crippen molar-refractivity contribution in [1.82, 2.24) is 10.2 Å². The summed E-state index contributed by atoms with van der Waals surface area (Å²) >= 11 is 0. The molecule has 0 radical (unpaired) electrons. The second-order valence-electron chi connectivity index (χ2n) is 3.63. The molecular weight excluding hydrogens is 207 g/mol. The molecule has 1 rings (SSSR count). The van der Waals surface area contributed by atoms with Gasteiger partial charge in [-0.1, -0.05) is 12.1 Å². The van der Waals surface area contributed by atoms with E-state index in [-0.39, 0.29) is 11.8 Å². The molecule has 0 spiro atoms. The zero-order valence-corrected chi connectivity index (χ0v) is 9.66. The van der Waals surface area contributed by atoms with Crippen LogP contribution >= 0.6 is 0 Å². The average molecular weight is 224 g/mol. The molecule has 1 N–H and O–H groups in total. The first-order chi connectivity index (χ1) is 7.63. The van der Waals surface area contributed by atoms with E-state index in [4.69, 9.17) is 0 Å². The van der Waals surface area contributed by atoms with Crippen LogP contribution in [0.5, 0.6) is 0 Å². The van der Waals surface area contributed by atoms with Gasteiger partial charge in [-0.05, 0) is 31.0 Å². The van der Waals surface area contributed by atoms with Crippen molar-refractivity contribution >= 4 is 6.03 Å². The Morgan fingerprint density at radius 1 is 1.50 bits per heavy atom. The average Bonchev–Trinajstić information content (AvgIpc) is 2.28. The van der Waals surface area contributed by atoms with Crippen LogP contribution in [0.3, 0.4) is 0 Å². The monoisotopic (exact) mass is 224 g/mol. The van der Waals surface area contributed by atoms with Gasteiger partial charge in [-0.25, -0.2) is 9.18 Å². The first kappa shape index (κ1) is 12.5. The van der Waals surface area contributed by atoms with Crippen molar-refractivity contribution < 1.29 is 9.18 Å². The van der Waals surface area contributed by atoms with Crippen LogP contribution in [0.4, 0.5) is 9.18 Å². The van der Waals surface area contributed by atoms with Crippen molar-refractivity contribution in [1.29, 1.82) is 0 Å². The fraction of sp³-hybridized carbons (Fsp3) is 0.417. The van der Waals surface area contributed by atoms with Crippen LogP contribution in [0.1, 0.15) is 12.5 Å². The van der Waals surface area contributed by atoms with Gasteiger partial charge in [-0.3, -0.25) is 0 Å². The van der Waals surface area contributed by atoms with Crippen molar-refractivity contribution in [2.75, 3.05) is 20.1 Å². The molecule has 88 valence electrons. The molecule has 1 aromatic carbocycles. The van der Waals surface area contributed by atoms with Crippen LogP contribution in [-0.4, -0.2) is 31.1 Å². The van der Waals surface area contributed by atoms with Crippen molar-refractivity contribution in [3.63, 3.8) is 0 Å². The summed E-state index contributed by atoms with van der Waals surface area (Å²) in [6.45, 7) is 3.10. The Hall–Kier alpha value is -1.58. The maximum atomic E-state index is 12.8. The summed E-state index contributed by atoms with van der Waals surface area (Å²) in [5.41, 5.74) is 0.888. The zero-order chi connectivity index (χ0) is 12.0. The molecule has 0 unspecified atom stereocenters. The predicted octanol–water partition coefficient (Wildman–Crippen LogP) is 2.03. The van der Waals surface area contributed by atoms with Gasteiger partial charge in [0, 0.05) is 20.1 Å². The van der Waals surface area contributed by atoms with Crippen LogP contribution in [0, 0.1) is 5.82 Å². The Balaban J connectivity index is 2.33. The lowest BCUT2D eigenvalue weighted by Crippen LogP contribution is -2.37. The number of nitrogens with one attached hydrogen (secondary N) is 1.